The number of ether oxygens (including phenoxy) is 2. The summed E-state index contributed by atoms with van der Waals surface area (Å²) in [5.74, 6) is 0.0801. The van der Waals surface area contributed by atoms with Crippen LogP contribution in [0.15, 0.2) is 52.4 Å². The molecule has 9 heteroatoms. The van der Waals surface area contributed by atoms with E-state index in [0.717, 1.165) is 14.8 Å². The third kappa shape index (κ3) is 5.04. The van der Waals surface area contributed by atoms with E-state index in [1.807, 2.05) is 36.4 Å². The number of methoxy groups -OCH3 is 1. The van der Waals surface area contributed by atoms with Gasteiger partial charge in [-0.25, -0.2) is 4.99 Å². The lowest BCUT2D eigenvalue weighted by molar-refractivity contribution is -0.120. The molecule has 2 aromatic carbocycles. The number of amides is 2. The molecular formula is C19H16IN3O4S. The zero-order valence-corrected chi connectivity index (χ0v) is 17.7. The van der Waals surface area contributed by atoms with Crippen molar-refractivity contribution in [1.29, 1.82) is 0 Å². The van der Waals surface area contributed by atoms with E-state index in [-0.39, 0.29) is 12.5 Å². The Bertz CT molecular complexity index is 977. The van der Waals surface area contributed by atoms with E-state index < -0.39 is 5.91 Å². The Morgan fingerprint density at radius 3 is 2.75 bits per heavy atom. The van der Waals surface area contributed by atoms with Crippen LogP contribution < -0.4 is 20.5 Å². The summed E-state index contributed by atoms with van der Waals surface area (Å²) in [6, 6.07) is 12.9. The molecule has 7 nitrogen and oxygen atoms in total. The fraction of sp³-hybridized carbons (Fsp3) is 0.105. The smallest absolute Gasteiger partial charge is 0.264 e. The van der Waals surface area contributed by atoms with Gasteiger partial charge in [0.25, 0.3) is 11.8 Å². The first-order chi connectivity index (χ1) is 13.5. The van der Waals surface area contributed by atoms with Crippen molar-refractivity contribution in [1.82, 2.24) is 5.32 Å². The van der Waals surface area contributed by atoms with Crippen molar-refractivity contribution in [3.63, 3.8) is 0 Å². The number of thioether (sulfide) groups is 1. The van der Waals surface area contributed by atoms with Gasteiger partial charge < -0.3 is 20.5 Å². The van der Waals surface area contributed by atoms with Gasteiger partial charge in [0.1, 0.15) is 0 Å². The fourth-order valence-corrected chi connectivity index (χ4v) is 3.98. The van der Waals surface area contributed by atoms with Gasteiger partial charge in [0, 0.05) is 0 Å². The molecule has 0 unspecified atom stereocenters. The zero-order chi connectivity index (χ0) is 20.1. The Balaban J connectivity index is 1.84. The third-order valence-electron chi connectivity index (χ3n) is 3.55. The molecule has 0 saturated carbocycles. The Kier molecular flexibility index (Phi) is 6.57. The van der Waals surface area contributed by atoms with Crippen LogP contribution in [-0.4, -0.2) is 30.7 Å². The molecule has 0 aliphatic carbocycles. The summed E-state index contributed by atoms with van der Waals surface area (Å²) in [4.78, 5) is 28.2. The van der Waals surface area contributed by atoms with Crippen LogP contribution in [0.25, 0.3) is 6.08 Å². The molecule has 0 atom stereocenters. The molecule has 1 aliphatic rings. The molecule has 3 N–H and O–H groups in total. The number of carbonyl (C=O) groups is 2. The van der Waals surface area contributed by atoms with E-state index in [4.69, 9.17) is 15.2 Å². The minimum absolute atomic E-state index is 0.220. The van der Waals surface area contributed by atoms with Gasteiger partial charge in [-0.1, -0.05) is 18.2 Å². The van der Waals surface area contributed by atoms with Gasteiger partial charge in [0.05, 0.1) is 21.3 Å². The van der Waals surface area contributed by atoms with Gasteiger partial charge in [-0.15, -0.1) is 0 Å². The second kappa shape index (κ2) is 9.11. The molecule has 1 heterocycles. The van der Waals surface area contributed by atoms with Crippen molar-refractivity contribution in [2.45, 2.75) is 0 Å². The summed E-state index contributed by atoms with van der Waals surface area (Å²) in [6.45, 7) is -0.246. The van der Waals surface area contributed by atoms with Crippen molar-refractivity contribution < 1.29 is 19.1 Å². The molecule has 1 aliphatic heterocycles. The molecule has 0 spiro atoms. The normalized spacial score (nSPS) is 16.3. The van der Waals surface area contributed by atoms with E-state index in [1.165, 1.54) is 18.9 Å². The van der Waals surface area contributed by atoms with E-state index in [0.29, 0.717) is 21.6 Å². The van der Waals surface area contributed by atoms with Crippen molar-refractivity contribution >= 4 is 63.1 Å². The molecule has 0 aromatic heterocycles. The molecule has 3 rings (SSSR count). The Labute approximate surface area is 179 Å². The van der Waals surface area contributed by atoms with E-state index in [1.54, 1.807) is 12.1 Å². The average Bonchev–Trinajstić information content (AvgIpc) is 2.99. The van der Waals surface area contributed by atoms with E-state index >= 15 is 0 Å². The number of hydrogen-bond acceptors (Lipinski definition) is 6. The number of nitrogens with two attached hydrogens (primary N) is 1. The maximum absolute atomic E-state index is 12.3. The quantitative estimate of drug-likeness (QED) is 0.461. The number of benzene rings is 2. The summed E-state index contributed by atoms with van der Waals surface area (Å²) in [5.41, 5.74) is 6.65. The summed E-state index contributed by atoms with van der Waals surface area (Å²) in [7, 11) is 1.50. The fourth-order valence-electron chi connectivity index (χ4n) is 2.36. The minimum Gasteiger partial charge on any atom is -0.493 e. The maximum atomic E-state index is 12.3. The Hall–Kier alpha value is -2.53. The molecule has 0 radical (unpaired) electrons. The predicted octanol–water partition coefficient (Wildman–Crippen LogP) is 3.06. The summed E-state index contributed by atoms with van der Waals surface area (Å²) >= 11 is 3.34. The van der Waals surface area contributed by atoms with Gasteiger partial charge >= 0.3 is 0 Å². The van der Waals surface area contributed by atoms with Crippen LogP contribution in [0.5, 0.6) is 11.5 Å². The Morgan fingerprint density at radius 1 is 1.32 bits per heavy atom. The van der Waals surface area contributed by atoms with E-state index in [9.17, 15) is 9.59 Å². The summed E-state index contributed by atoms with van der Waals surface area (Å²) in [6.07, 6.45) is 1.75. The number of aliphatic imine (C=N–C) groups is 1. The molecule has 144 valence electrons. The molecular weight excluding hydrogens is 493 g/mol. The van der Waals surface area contributed by atoms with Gasteiger partial charge in [0.2, 0.25) is 0 Å². The maximum Gasteiger partial charge on any atom is 0.264 e. The number of carbonyl (C=O) groups excluding carboxylic acids is 2. The highest BCUT2D eigenvalue weighted by Crippen LogP contribution is 2.36. The number of halogens is 1. The van der Waals surface area contributed by atoms with Crippen LogP contribution in [0.4, 0.5) is 5.69 Å². The lowest BCUT2D eigenvalue weighted by Crippen LogP contribution is -2.20. The average molecular weight is 509 g/mol. The Morgan fingerprint density at radius 2 is 2.07 bits per heavy atom. The number of nitrogens with one attached hydrogen (secondary N) is 1. The number of primary amides is 1. The first-order valence-electron chi connectivity index (χ1n) is 8.09. The number of nitrogens with zero attached hydrogens (tertiary/aromatic N) is 1. The standard InChI is InChI=1S/C19H16IN3O4S/c1-26-14-8-11(7-13(20)17(14)27-10-16(21)24)9-15-18(25)23-19(28-15)22-12-5-3-2-4-6-12/h2-9H,10H2,1H3,(H2,21,24)(H,22,23,25)/b15-9-. The third-order valence-corrected chi connectivity index (χ3v) is 5.26. The zero-order valence-electron chi connectivity index (χ0n) is 14.8. The van der Waals surface area contributed by atoms with Crippen LogP contribution in [0, 0.1) is 3.57 Å². The van der Waals surface area contributed by atoms with Crippen molar-refractivity contribution in [3.8, 4) is 11.5 Å². The summed E-state index contributed by atoms with van der Waals surface area (Å²) < 4.78 is 11.5. The SMILES string of the molecule is COc1cc(/C=C2\SC(=Nc3ccccc3)NC2=O)cc(I)c1OCC(N)=O. The van der Waals surface area contributed by atoms with Gasteiger partial charge in [0.15, 0.2) is 23.3 Å². The van der Waals surface area contributed by atoms with Crippen LogP contribution in [0.2, 0.25) is 0 Å². The number of rotatable bonds is 6. The van der Waals surface area contributed by atoms with Crippen molar-refractivity contribution in [3.05, 3.63) is 56.5 Å². The van der Waals surface area contributed by atoms with Crippen LogP contribution in [0.1, 0.15) is 5.56 Å². The van der Waals surface area contributed by atoms with Crippen LogP contribution >= 0.6 is 34.4 Å². The van der Waals surface area contributed by atoms with Crippen LogP contribution in [-0.2, 0) is 9.59 Å². The molecule has 28 heavy (non-hydrogen) atoms. The number of para-hydroxylation sites is 1. The van der Waals surface area contributed by atoms with E-state index in [2.05, 4.69) is 32.9 Å². The second-order valence-corrected chi connectivity index (χ2v) is 7.80. The molecule has 2 aromatic rings. The second-order valence-electron chi connectivity index (χ2n) is 5.61. The molecule has 1 fully saturated rings. The lowest BCUT2D eigenvalue weighted by atomic mass is 10.2. The van der Waals surface area contributed by atoms with Crippen molar-refractivity contribution in [2.75, 3.05) is 13.7 Å². The van der Waals surface area contributed by atoms with Gasteiger partial charge in [-0.3, -0.25) is 9.59 Å². The summed E-state index contributed by atoms with van der Waals surface area (Å²) in [5, 5.41) is 3.28. The lowest BCUT2D eigenvalue weighted by Gasteiger charge is -2.12. The topological polar surface area (TPSA) is 103 Å². The van der Waals surface area contributed by atoms with Crippen LogP contribution in [0.3, 0.4) is 0 Å². The van der Waals surface area contributed by atoms with Gasteiger partial charge in [-0.2, -0.15) is 0 Å². The highest BCUT2D eigenvalue weighted by molar-refractivity contribution is 14.1. The molecule has 1 saturated heterocycles. The predicted molar refractivity (Wildman–Crippen MR) is 118 cm³/mol. The molecule has 2 amide bonds. The number of amidine groups is 1. The highest BCUT2D eigenvalue weighted by Gasteiger charge is 2.24. The largest absolute Gasteiger partial charge is 0.493 e. The highest BCUT2D eigenvalue weighted by atomic mass is 127. The first kappa shape index (κ1) is 20.2. The number of hydrogen-bond donors (Lipinski definition) is 2. The van der Waals surface area contributed by atoms with Gasteiger partial charge in [-0.05, 0) is 70.3 Å². The minimum atomic E-state index is -0.576. The molecule has 0 bridgehead atoms. The first-order valence-corrected chi connectivity index (χ1v) is 9.99. The monoisotopic (exact) mass is 509 g/mol. The van der Waals surface area contributed by atoms with Crippen molar-refractivity contribution in [2.24, 2.45) is 10.7 Å².